The van der Waals surface area contributed by atoms with Gasteiger partial charge in [0, 0.05) is 25.7 Å². The van der Waals surface area contributed by atoms with Crippen LogP contribution in [0.15, 0.2) is 0 Å². The number of rotatable bonds is 1. The van der Waals surface area contributed by atoms with Crippen LogP contribution >= 0.6 is 0 Å². The fourth-order valence-electron chi connectivity index (χ4n) is 2.39. The third kappa shape index (κ3) is 0.648. The van der Waals surface area contributed by atoms with Crippen molar-refractivity contribution in [1.29, 1.82) is 0 Å². The molecule has 3 nitrogen and oxygen atoms in total. The number of urea groups is 1. The van der Waals surface area contributed by atoms with Crippen LogP contribution in [0.5, 0.6) is 0 Å². The molecule has 0 aromatic rings. The minimum atomic E-state index is 0.265. The predicted molar refractivity (Wildman–Crippen MR) is 44.8 cm³/mol. The Bertz CT molecular complexity index is 245. The van der Waals surface area contributed by atoms with Crippen LogP contribution in [0.3, 0.4) is 0 Å². The first-order chi connectivity index (χ1) is 5.74. The molecule has 2 amide bonds. The molecule has 1 saturated heterocycles. The van der Waals surface area contributed by atoms with Gasteiger partial charge in [0.15, 0.2) is 0 Å². The van der Waals surface area contributed by atoms with Crippen molar-refractivity contribution < 1.29 is 4.79 Å². The maximum atomic E-state index is 11.7. The average Bonchev–Trinajstić information content (AvgIpc) is 2.81. The van der Waals surface area contributed by atoms with E-state index < -0.39 is 0 Å². The van der Waals surface area contributed by atoms with Gasteiger partial charge in [-0.1, -0.05) is 0 Å². The van der Waals surface area contributed by atoms with Gasteiger partial charge in [0.1, 0.15) is 0 Å². The molecule has 3 fully saturated rings. The molecular formula is C9H14N2O. The molecule has 0 unspecified atom stereocenters. The summed E-state index contributed by atoms with van der Waals surface area (Å²) in [5, 5.41) is 0. The van der Waals surface area contributed by atoms with E-state index >= 15 is 0 Å². The summed E-state index contributed by atoms with van der Waals surface area (Å²) in [5.41, 5.74) is 0.381. The molecule has 0 N–H and O–H groups in total. The molecule has 0 bridgehead atoms. The van der Waals surface area contributed by atoms with E-state index in [1.54, 1.807) is 0 Å². The van der Waals surface area contributed by atoms with Crippen LogP contribution < -0.4 is 0 Å². The highest BCUT2D eigenvalue weighted by Crippen LogP contribution is 2.70. The fourth-order valence-corrected chi connectivity index (χ4v) is 2.39. The molecule has 3 heteroatoms. The zero-order valence-electron chi connectivity index (χ0n) is 7.42. The van der Waals surface area contributed by atoms with Gasteiger partial charge in [-0.15, -0.1) is 0 Å². The molecule has 0 spiro atoms. The molecule has 0 aromatic carbocycles. The summed E-state index contributed by atoms with van der Waals surface area (Å²) in [6.07, 6.45) is 3.72. The van der Waals surface area contributed by atoms with Crippen LogP contribution in [0.25, 0.3) is 0 Å². The SMILES string of the molecule is CN1CCCN(C23CC2C3)C1=O. The summed E-state index contributed by atoms with van der Waals surface area (Å²) in [7, 11) is 1.91. The Kier molecular flexibility index (Phi) is 1.00. The van der Waals surface area contributed by atoms with E-state index in [9.17, 15) is 4.79 Å². The highest BCUT2D eigenvalue weighted by molar-refractivity contribution is 5.77. The summed E-state index contributed by atoms with van der Waals surface area (Å²) in [6, 6.07) is 0.265. The summed E-state index contributed by atoms with van der Waals surface area (Å²) >= 11 is 0. The van der Waals surface area contributed by atoms with Gasteiger partial charge in [-0.25, -0.2) is 4.79 Å². The maximum Gasteiger partial charge on any atom is 0.320 e. The molecule has 2 aliphatic carbocycles. The number of hydrogen-bond acceptors (Lipinski definition) is 1. The van der Waals surface area contributed by atoms with E-state index in [2.05, 4.69) is 4.90 Å². The van der Waals surface area contributed by atoms with Crippen molar-refractivity contribution in [3.05, 3.63) is 0 Å². The van der Waals surface area contributed by atoms with Crippen LogP contribution in [0, 0.1) is 5.92 Å². The Morgan fingerprint density at radius 3 is 2.67 bits per heavy atom. The number of fused-ring (bicyclic) bond motifs is 1. The van der Waals surface area contributed by atoms with Gasteiger partial charge in [-0.05, 0) is 25.2 Å². The number of carbonyl (C=O) groups excluding carboxylic acids is 1. The third-order valence-electron chi connectivity index (χ3n) is 3.61. The number of hydrogen-bond donors (Lipinski definition) is 0. The Balaban J connectivity index is 1.80. The van der Waals surface area contributed by atoms with Gasteiger partial charge >= 0.3 is 6.03 Å². The minimum absolute atomic E-state index is 0.265. The van der Waals surface area contributed by atoms with Gasteiger partial charge in [-0.2, -0.15) is 0 Å². The van der Waals surface area contributed by atoms with Crippen LogP contribution in [0.4, 0.5) is 4.79 Å². The van der Waals surface area contributed by atoms with Gasteiger partial charge in [0.05, 0.1) is 0 Å². The second-order valence-corrected chi connectivity index (χ2v) is 4.42. The second kappa shape index (κ2) is 1.78. The quantitative estimate of drug-likeness (QED) is 0.568. The Morgan fingerprint density at radius 1 is 1.42 bits per heavy atom. The van der Waals surface area contributed by atoms with Crippen molar-refractivity contribution in [1.82, 2.24) is 9.80 Å². The number of nitrogens with zero attached hydrogens (tertiary/aromatic N) is 2. The lowest BCUT2D eigenvalue weighted by Crippen LogP contribution is -2.50. The molecule has 1 aliphatic heterocycles. The van der Waals surface area contributed by atoms with Gasteiger partial charge in [0.2, 0.25) is 0 Å². The fraction of sp³-hybridized carbons (Fsp3) is 0.889. The third-order valence-corrected chi connectivity index (χ3v) is 3.61. The second-order valence-electron chi connectivity index (χ2n) is 4.42. The van der Waals surface area contributed by atoms with E-state index in [-0.39, 0.29) is 6.03 Å². The number of carbonyl (C=O) groups is 1. The number of amides is 2. The van der Waals surface area contributed by atoms with E-state index in [1.165, 1.54) is 12.8 Å². The van der Waals surface area contributed by atoms with Crippen LogP contribution in [0.2, 0.25) is 0 Å². The summed E-state index contributed by atoms with van der Waals surface area (Å²) < 4.78 is 0. The first-order valence-electron chi connectivity index (χ1n) is 4.77. The van der Waals surface area contributed by atoms with Crippen molar-refractivity contribution in [2.24, 2.45) is 5.92 Å². The first-order valence-corrected chi connectivity index (χ1v) is 4.77. The maximum absolute atomic E-state index is 11.7. The normalized spacial score (nSPS) is 44.4. The van der Waals surface area contributed by atoms with E-state index in [1.807, 2.05) is 11.9 Å². The highest BCUT2D eigenvalue weighted by Gasteiger charge is 2.74. The van der Waals surface area contributed by atoms with Crippen molar-refractivity contribution in [3.63, 3.8) is 0 Å². The molecule has 3 rings (SSSR count). The van der Waals surface area contributed by atoms with E-state index in [4.69, 9.17) is 0 Å². The van der Waals surface area contributed by atoms with Crippen molar-refractivity contribution in [3.8, 4) is 0 Å². The van der Waals surface area contributed by atoms with Crippen LogP contribution in [-0.2, 0) is 0 Å². The largest absolute Gasteiger partial charge is 0.328 e. The molecule has 0 atom stereocenters. The Morgan fingerprint density at radius 2 is 2.08 bits per heavy atom. The molecule has 12 heavy (non-hydrogen) atoms. The summed E-state index contributed by atoms with van der Waals surface area (Å²) in [6.45, 7) is 1.94. The molecule has 0 aromatic heterocycles. The first kappa shape index (κ1) is 6.75. The average molecular weight is 166 g/mol. The molecule has 1 heterocycles. The smallest absolute Gasteiger partial charge is 0.320 e. The van der Waals surface area contributed by atoms with E-state index in [0.717, 1.165) is 25.4 Å². The monoisotopic (exact) mass is 166 g/mol. The molecule has 3 aliphatic rings. The molecule has 0 radical (unpaired) electrons. The lowest BCUT2D eigenvalue weighted by molar-refractivity contribution is 0.126. The van der Waals surface area contributed by atoms with Crippen molar-refractivity contribution in [2.75, 3.05) is 20.1 Å². The standard InChI is InChI=1S/C9H14N2O/c1-10-3-2-4-11(8(10)12)9-5-7(9)6-9/h7H,2-6H2,1H3. The van der Waals surface area contributed by atoms with Crippen molar-refractivity contribution >= 4 is 6.03 Å². The predicted octanol–water partition coefficient (Wildman–Crippen LogP) is 0.906. The van der Waals surface area contributed by atoms with Crippen LogP contribution in [0.1, 0.15) is 19.3 Å². The van der Waals surface area contributed by atoms with Crippen LogP contribution in [-0.4, -0.2) is 41.5 Å². The van der Waals surface area contributed by atoms with Gasteiger partial charge in [-0.3, -0.25) is 0 Å². The lowest BCUT2D eigenvalue weighted by Gasteiger charge is -2.35. The zero-order valence-corrected chi connectivity index (χ0v) is 7.42. The molecule has 66 valence electrons. The van der Waals surface area contributed by atoms with Gasteiger partial charge in [0.25, 0.3) is 0 Å². The topological polar surface area (TPSA) is 23.6 Å². The summed E-state index contributed by atoms with van der Waals surface area (Å²) in [5.74, 6) is 0.882. The van der Waals surface area contributed by atoms with Crippen molar-refractivity contribution in [2.45, 2.75) is 24.8 Å². The molecular weight excluding hydrogens is 152 g/mol. The Hall–Kier alpha value is -0.730. The Labute approximate surface area is 72.3 Å². The highest BCUT2D eigenvalue weighted by atomic mass is 16.2. The minimum Gasteiger partial charge on any atom is -0.328 e. The van der Waals surface area contributed by atoms with Gasteiger partial charge < -0.3 is 9.80 Å². The zero-order chi connectivity index (χ0) is 8.34. The van der Waals surface area contributed by atoms with E-state index in [0.29, 0.717) is 5.54 Å². The summed E-state index contributed by atoms with van der Waals surface area (Å²) in [4.78, 5) is 15.7. The lowest BCUT2D eigenvalue weighted by atomic mass is 10.2. The molecule has 2 saturated carbocycles.